The molecule has 0 spiro atoms. The highest BCUT2D eigenvalue weighted by atomic mass is 16.3. The van der Waals surface area contributed by atoms with Crippen molar-refractivity contribution in [3.8, 4) is 0 Å². The minimum Gasteiger partial charge on any atom is -0.396 e. The van der Waals surface area contributed by atoms with E-state index >= 15 is 0 Å². The van der Waals surface area contributed by atoms with Gasteiger partial charge in [-0.3, -0.25) is 4.79 Å². The highest BCUT2D eigenvalue weighted by Crippen LogP contribution is 2.44. The quantitative estimate of drug-likeness (QED) is 0.726. The van der Waals surface area contributed by atoms with Crippen LogP contribution in [-0.2, 0) is 11.2 Å². The maximum absolute atomic E-state index is 11.8. The Hall–Kier alpha value is -1.95. The van der Waals surface area contributed by atoms with Gasteiger partial charge in [0.25, 0.3) is 0 Å². The van der Waals surface area contributed by atoms with Gasteiger partial charge in [0.2, 0.25) is 5.91 Å². The number of aryl methyl sites for hydroxylation is 1. The molecule has 1 saturated carbocycles. The summed E-state index contributed by atoms with van der Waals surface area (Å²) < 4.78 is 0. The van der Waals surface area contributed by atoms with Gasteiger partial charge in [0.15, 0.2) is 5.65 Å². The fraction of sp³-hybridized carbons (Fsp3) is 0.500. The second-order valence-corrected chi connectivity index (χ2v) is 5.49. The van der Waals surface area contributed by atoms with Crippen LogP contribution >= 0.6 is 0 Å². The number of H-pyrrole nitrogens is 1. The molecular formula is C14H18N4O2. The normalized spacial score (nSPS) is 16.2. The van der Waals surface area contributed by atoms with Crippen LogP contribution in [0.15, 0.2) is 18.3 Å². The average Bonchev–Trinajstić information content (AvgIpc) is 3.14. The SMILES string of the molecule is O=C(CCc1nc2ncccc2[nH]1)NCC1(CO)CC1. The maximum Gasteiger partial charge on any atom is 0.220 e. The average molecular weight is 274 g/mol. The Kier molecular flexibility index (Phi) is 3.40. The maximum atomic E-state index is 11.8. The number of amides is 1. The molecule has 6 nitrogen and oxygen atoms in total. The summed E-state index contributed by atoms with van der Waals surface area (Å²) >= 11 is 0. The number of aromatic amines is 1. The number of aliphatic hydroxyl groups excluding tert-OH is 1. The number of pyridine rings is 1. The molecule has 1 aliphatic carbocycles. The molecule has 2 aromatic heterocycles. The number of aromatic nitrogens is 3. The molecule has 2 heterocycles. The Labute approximate surface area is 116 Å². The van der Waals surface area contributed by atoms with Crippen LogP contribution in [0.3, 0.4) is 0 Å². The molecule has 0 aliphatic heterocycles. The van der Waals surface area contributed by atoms with Crippen LogP contribution in [0.25, 0.3) is 11.2 Å². The number of nitrogens with one attached hydrogen (secondary N) is 2. The fourth-order valence-electron chi connectivity index (χ4n) is 2.19. The van der Waals surface area contributed by atoms with Crippen LogP contribution in [0.2, 0.25) is 0 Å². The summed E-state index contributed by atoms with van der Waals surface area (Å²) in [5.41, 5.74) is 1.53. The lowest BCUT2D eigenvalue weighted by molar-refractivity contribution is -0.121. The van der Waals surface area contributed by atoms with E-state index in [1.807, 2.05) is 12.1 Å². The van der Waals surface area contributed by atoms with Crippen LogP contribution in [0.1, 0.15) is 25.1 Å². The highest BCUT2D eigenvalue weighted by molar-refractivity contribution is 5.76. The second-order valence-electron chi connectivity index (χ2n) is 5.49. The summed E-state index contributed by atoms with van der Waals surface area (Å²) in [6, 6.07) is 3.76. The molecule has 1 aliphatic rings. The molecule has 1 fully saturated rings. The van der Waals surface area contributed by atoms with E-state index in [2.05, 4.69) is 20.3 Å². The van der Waals surface area contributed by atoms with Gasteiger partial charge in [0.05, 0.1) is 12.1 Å². The number of imidazole rings is 1. The topological polar surface area (TPSA) is 90.9 Å². The van der Waals surface area contributed by atoms with E-state index in [9.17, 15) is 9.90 Å². The Balaban J connectivity index is 1.50. The van der Waals surface area contributed by atoms with Crippen molar-refractivity contribution >= 4 is 17.1 Å². The predicted molar refractivity (Wildman–Crippen MR) is 74.0 cm³/mol. The summed E-state index contributed by atoms with van der Waals surface area (Å²) in [6.45, 7) is 0.729. The van der Waals surface area contributed by atoms with Gasteiger partial charge in [-0.2, -0.15) is 0 Å². The van der Waals surface area contributed by atoms with Crippen LogP contribution in [0, 0.1) is 5.41 Å². The molecule has 2 aromatic rings. The van der Waals surface area contributed by atoms with Crippen LogP contribution in [-0.4, -0.2) is 39.1 Å². The molecule has 0 saturated heterocycles. The molecule has 106 valence electrons. The lowest BCUT2D eigenvalue weighted by Crippen LogP contribution is -2.32. The van der Waals surface area contributed by atoms with Crippen molar-refractivity contribution in [1.82, 2.24) is 20.3 Å². The molecule has 3 N–H and O–H groups in total. The molecule has 1 amide bonds. The minimum absolute atomic E-state index is 0.00172. The summed E-state index contributed by atoms with van der Waals surface area (Å²) in [7, 11) is 0. The van der Waals surface area contributed by atoms with E-state index in [1.165, 1.54) is 0 Å². The van der Waals surface area contributed by atoms with Crippen LogP contribution in [0.4, 0.5) is 0 Å². The third kappa shape index (κ3) is 2.80. The molecule has 3 rings (SSSR count). The zero-order chi connectivity index (χ0) is 14.0. The molecule has 6 heteroatoms. The summed E-state index contributed by atoms with van der Waals surface area (Å²) in [4.78, 5) is 23.4. The summed E-state index contributed by atoms with van der Waals surface area (Å²) in [5, 5.41) is 12.1. The number of nitrogens with zero attached hydrogens (tertiary/aromatic N) is 2. The lowest BCUT2D eigenvalue weighted by Gasteiger charge is -2.12. The van der Waals surface area contributed by atoms with E-state index in [0.29, 0.717) is 25.0 Å². The summed E-state index contributed by atoms with van der Waals surface area (Å²) in [5.74, 6) is 0.773. The Morgan fingerprint density at radius 2 is 2.35 bits per heavy atom. The number of carbonyl (C=O) groups excluding carboxylic acids is 1. The smallest absolute Gasteiger partial charge is 0.220 e. The van der Waals surface area contributed by atoms with E-state index in [-0.39, 0.29) is 17.9 Å². The zero-order valence-corrected chi connectivity index (χ0v) is 11.2. The first kappa shape index (κ1) is 13.1. The van der Waals surface area contributed by atoms with E-state index in [0.717, 1.165) is 24.2 Å². The molecule has 0 bridgehead atoms. The molecule has 0 radical (unpaired) electrons. The van der Waals surface area contributed by atoms with Gasteiger partial charge in [-0.25, -0.2) is 9.97 Å². The van der Waals surface area contributed by atoms with Crippen molar-refractivity contribution in [2.75, 3.05) is 13.2 Å². The highest BCUT2D eigenvalue weighted by Gasteiger charge is 2.41. The van der Waals surface area contributed by atoms with Crippen molar-refractivity contribution < 1.29 is 9.90 Å². The Bertz CT molecular complexity index is 585. The van der Waals surface area contributed by atoms with Gasteiger partial charge in [0, 0.05) is 31.0 Å². The first-order chi connectivity index (χ1) is 9.71. The van der Waals surface area contributed by atoms with Crippen molar-refractivity contribution in [2.24, 2.45) is 5.41 Å². The lowest BCUT2D eigenvalue weighted by atomic mass is 10.1. The number of rotatable bonds is 6. The number of carbonyl (C=O) groups is 1. The van der Waals surface area contributed by atoms with Crippen molar-refractivity contribution in [3.05, 3.63) is 24.2 Å². The Morgan fingerprint density at radius 1 is 1.50 bits per heavy atom. The fourth-order valence-corrected chi connectivity index (χ4v) is 2.19. The van der Waals surface area contributed by atoms with Crippen LogP contribution < -0.4 is 5.32 Å². The third-order valence-corrected chi connectivity index (χ3v) is 3.85. The van der Waals surface area contributed by atoms with Gasteiger partial charge >= 0.3 is 0 Å². The third-order valence-electron chi connectivity index (χ3n) is 3.85. The summed E-state index contributed by atoms with van der Waals surface area (Å²) in [6.07, 6.45) is 4.65. The monoisotopic (exact) mass is 274 g/mol. The largest absolute Gasteiger partial charge is 0.396 e. The van der Waals surface area contributed by atoms with E-state index in [4.69, 9.17) is 0 Å². The van der Waals surface area contributed by atoms with Gasteiger partial charge in [-0.05, 0) is 25.0 Å². The van der Waals surface area contributed by atoms with Crippen molar-refractivity contribution in [1.29, 1.82) is 0 Å². The molecule has 0 atom stereocenters. The van der Waals surface area contributed by atoms with E-state index < -0.39 is 0 Å². The van der Waals surface area contributed by atoms with Crippen molar-refractivity contribution in [3.63, 3.8) is 0 Å². The molecular weight excluding hydrogens is 256 g/mol. The van der Waals surface area contributed by atoms with Gasteiger partial charge < -0.3 is 15.4 Å². The standard InChI is InChI=1S/C14H18N4O2/c19-9-14(5-6-14)8-16-12(20)4-3-11-17-10-2-1-7-15-13(10)18-11/h1-2,7,19H,3-6,8-9H2,(H,16,20)(H,15,17,18). The van der Waals surface area contributed by atoms with Gasteiger partial charge in [-0.1, -0.05) is 0 Å². The van der Waals surface area contributed by atoms with Crippen molar-refractivity contribution in [2.45, 2.75) is 25.7 Å². The first-order valence-electron chi connectivity index (χ1n) is 6.88. The minimum atomic E-state index is -0.0427. The number of hydrogen-bond donors (Lipinski definition) is 3. The van der Waals surface area contributed by atoms with Gasteiger partial charge in [0.1, 0.15) is 5.82 Å². The molecule has 20 heavy (non-hydrogen) atoms. The molecule has 0 unspecified atom stereocenters. The number of hydrogen-bond acceptors (Lipinski definition) is 4. The Morgan fingerprint density at radius 3 is 3.05 bits per heavy atom. The van der Waals surface area contributed by atoms with Crippen LogP contribution in [0.5, 0.6) is 0 Å². The number of aliphatic hydroxyl groups is 1. The molecule has 0 aromatic carbocycles. The number of fused-ring (bicyclic) bond motifs is 1. The second kappa shape index (κ2) is 5.20. The van der Waals surface area contributed by atoms with E-state index in [1.54, 1.807) is 6.20 Å². The predicted octanol–water partition coefficient (Wildman–Crippen LogP) is 0.779. The zero-order valence-electron chi connectivity index (χ0n) is 11.2. The van der Waals surface area contributed by atoms with Gasteiger partial charge in [-0.15, -0.1) is 0 Å². The first-order valence-corrected chi connectivity index (χ1v) is 6.88.